The van der Waals surface area contributed by atoms with Crippen LogP contribution in [0.15, 0.2) is 47.1 Å². The van der Waals surface area contributed by atoms with Gasteiger partial charge in [-0.1, -0.05) is 12.1 Å². The van der Waals surface area contributed by atoms with Crippen LogP contribution in [0.4, 0.5) is 20.7 Å². The normalized spacial score (nSPS) is 14.1. The number of aromatic nitrogens is 3. The van der Waals surface area contributed by atoms with Crippen molar-refractivity contribution in [1.29, 1.82) is 0 Å². The largest absolute Gasteiger partial charge is 0.353 e. The summed E-state index contributed by atoms with van der Waals surface area (Å²) in [5.74, 6) is 1.63. The van der Waals surface area contributed by atoms with Crippen LogP contribution in [-0.4, -0.2) is 52.2 Å². The van der Waals surface area contributed by atoms with Gasteiger partial charge in [0.1, 0.15) is 11.6 Å². The van der Waals surface area contributed by atoms with Crippen LogP contribution in [0.1, 0.15) is 12.8 Å². The zero-order chi connectivity index (χ0) is 20.2. The molecule has 4 rings (SSSR count). The van der Waals surface area contributed by atoms with Crippen LogP contribution in [0.3, 0.4) is 0 Å². The molecule has 3 aromatic rings. The highest BCUT2D eigenvalue weighted by molar-refractivity contribution is 5.89. The third kappa shape index (κ3) is 4.34. The summed E-state index contributed by atoms with van der Waals surface area (Å²) in [7, 11) is 0. The number of urea groups is 1. The van der Waals surface area contributed by atoms with Crippen LogP contribution < -0.4 is 10.2 Å². The third-order valence-corrected chi connectivity index (χ3v) is 4.76. The van der Waals surface area contributed by atoms with Gasteiger partial charge in [0.25, 0.3) is 0 Å². The number of carbonyl (C=O) groups is 1. The van der Waals surface area contributed by atoms with Crippen molar-refractivity contribution in [2.75, 3.05) is 36.4 Å². The average Bonchev–Trinajstić information content (AvgIpc) is 3.25. The van der Waals surface area contributed by atoms with Gasteiger partial charge in [-0.05, 0) is 36.4 Å². The summed E-state index contributed by atoms with van der Waals surface area (Å²) >= 11 is 0. The first-order valence-corrected chi connectivity index (χ1v) is 9.48. The molecule has 0 atom stereocenters. The zero-order valence-electron chi connectivity index (χ0n) is 16.0. The molecule has 0 saturated carbocycles. The number of pyridine rings is 1. The fourth-order valence-corrected chi connectivity index (χ4v) is 3.10. The van der Waals surface area contributed by atoms with Crippen molar-refractivity contribution in [3.63, 3.8) is 0 Å². The van der Waals surface area contributed by atoms with E-state index >= 15 is 0 Å². The van der Waals surface area contributed by atoms with Crippen molar-refractivity contribution in [2.24, 2.45) is 0 Å². The summed E-state index contributed by atoms with van der Waals surface area (Å²) in [6.45, 7) is 4.44. The Balaban J connectivity index is 1.33. The van der Waals surface area contributed by atoms with Gasteiger partial charge in [-0.2, -0.15) is 4.98 Å². The number of hydrogen-bond acceptors (Lipinski definition) is 6. The maximum atomic E-state index is 13.0. The molecule has 0 aliphatic carbocycles. The van der Waals surface area contributed by atoms with E-state index in [4.69, 9.17) is 4.52 Å². The average molecular weight is 396 g/mol. The smallest absolute Gasteiger partial charge is 0.321 e. The first-order chi connectivity index (χ1) is 14.1. The highest BCUT2D eigenvalue weighted by Crippen LogP contribution is 2.20. The zero-order valence-corrected chi connectivity index (χ0v) is 16.0. The number of carbonyl (C=O) groups excluding carboxylic acids is 1. The molecule has 3 heterocycles. The Kier molecular flexibility index (Phi) is 5.37. The van der Waals surface area contributed by atoms with Gasteiger partial charge >= 0.3 is 6.03 Å². The molecule has 1 aliphatic heterocycles. The number of aryl methyl sites for hydroxylation is 1. The van der Waals surface area contributed by atoms with Crippen molar-refractivity contribution in [2.45, 2.75) is 13.3 Å². The number of piperazine rings is 1. The lowest BCUT2D eigenvalue weighted by molar-refractivity contribution is 0.208. The van der Waals surface area contributed by atoms with Gasteiger partial charge in [0, 0.05) is 50.0 Å². The molecule has 1 saturated heterocycles. The Labute approximate surface area is 167 Å². The molecule has 0 spiro atoms. The van der Waals surface area contributed by atoms with Gasteiger partial charge in [-0.3, -0.25) is 0 Å². The first kappa shape index (κ1) is 18.9. The summed E-state index contributed by atoms with van der Waals surface area (Å²) in [6.07, 6.45) is 2.42. The van der Waals surface area contributed by atoms with Crippen LogP contribution >= 0.6 is 0 Å². The van der Waals surface area contributed by atoms with E-state index < -0.39 is 0 Å². The number of benzene rings is 1. The number of hydrogen-bond donors (Lipinski definition) is 1. The number of nitrogens with zero attached hydrogens (tertiary/aromatic N) is 5. The number of rotatable bonds is 4. The fourth-order valence-electron chi connectivity index (χ4n) is 3.10. The quantitative estimate of drug-likeness (QED) is 0.729. The van der Waals surface area contributed by atoms with E-state index in [0.717, 1.165) is 11.4 Å². The maximum Gasteiger partial charge on any atom is 0.321 e. The maximum absolute atomic E-state index is 13.0. The number of nitrogens with one attached hydrogen (secondary N) is 1. The van der Waals surface area contributed by atoms with Crippen molar-refractivity contribution in [3.8, 4) is 11.4 Å². The number of anilines is 2. The Morgan fingerprint density at radius 3 is 2.52 bits per heavy atom. The van der Waals surface area contributed by atoms with Gasteiger partial charge in [0.15, 0.2) is 0 Å². The molecule has 9 heteroatoms. The highest BCUT2D eigenvalue weighted by atomic mass is 19.1. The second kappa shape index (κ2) is 8.26. The van der Waals surface area contributed by atoms with E-state index in [-0.39, 0.29) is 11.8 Å². The van der Waals surface area contributed by atoms with Crippen LogP contribution in [0.2, 0.25) is 0 Å². The van der Waals surface area contributed by atoms with Gasteiger partial charge in [0.05, 0.1) is 0 Å². The second-order valence-corrected chi connectivity index (χ2v) is 6.68. The van der Waals surface area contributed by atoms with Gasteiger partial charge < -0.3 is 19.6 Å². The second-order valence-electron chi connectivity index (χ2n) is 6.68. The summed E-state index contributed by atoms with van der Waals surface area (Å²) in [5, 5.41) is 6.75. The van der Waals surface area contributed by atoms with Crippen LogP contribution in [0.5, 0.6) is 0 Å². The molecule has 1 fully saturated rings. The Hall–Kier alpha value is -3.49. The van der Waals surface area contributed by atoms with Crippen LogP contribution in [-0.2, 0) is 6.42 Å². The van der Waals surface area contributed by atoms with E-state index in [2.05, 4.69) is 25.3 Å². The molecule has 0 unspecified atom stereocenters. The van der Waals surface area contributed by atoms with E-state index in [1.54, 1.807) is 23.2 Å². The van der Waals surface area contributed by atoms with E-state index in [1.165, 1.54) is 12.1 Å². The molecule has 2 amide bonds. The molecular weight excluding hydrogens is 375 g/mol. The van der Waals surface area contributed by atoms with Crippen molar-refractivity contribution in [1.82, 2.24) is 20.0 Å². The molecule has 29 heavy (non-hydrogen) atoms. The highest BCUT2D eigenvalue weighted by Gasteiger charge is 2.22. The SMILES string of the molecule is CCc1nc(-c2ccc(N3CCN(C(=O)Nc4ccc(F)cc4)CC3)nc2)no1. The Morgan fingerprint density at radius 1 is 1.14 bits per heavy atom. The van der Waals surface area contributed by atoms with Crippen LogP contribution in [0.25, 0.3) is 11.4 Å². The molecule has 0 bridgehead atoms. The van der Waals surface area contributed by atoms with Crippen LogP contribution in [0, 0.1) is 5.82 Å². The summed E-state index contributed by atoms with van der Waals surface area (Å²) in [4.78, 5) is 25.1. The molecule has 1 aromatic carbocycles. The summed E-state index contributed by atoms with van der Waals surface area (Å²) in [5.41, 5.74) is 1.37. The molecular formula is C20H21FN6O2. The minimum atomic E-state index is -0.333. The van der Waals surface area contributed by atoms with Crippen molar-refractivity contribution < 1.29 is 13.7 Å². The minimum Gasteiger partial charge on any atom is -0.353 e. The fraction of sp³-hybridized carbons (Fsp3) is 0.300. The molecule has 8 nitrogen and oxygen atoms in total. The first-order valence-electron chi connectivity index (χ1n) is 9.48. The van der Waals surface area contributed by atoms with Gasteiger partial charge in [-0.25, -0.2) is 14.2 Å². The Morgan fingerprint density at radius 2 is 1.90 bits per heavy atom. The van der Waals surface area contributed by atoms with Crippen molar-refractivity contribution >= 4 is 17.5 Å². The lowest BCUT2D eigenvalue weighted by Crippen LogP contribution is -2.50. The summed E-state index contributed by atoms with van der Waals surface area (Å²) in [6, 6.07) is 9.38. The van der Waals surface area contributed by atoms with Gasteiger partial charge in [-0.15, -0.1) is 0 Å². The molecule has 0 radical (unpaired) electrons. The lowest BCUT2D eigenvalue weighted by Gasteiger charge is -2.35. The predicted octanol–water partition coefficient (Wildman–Crippen LogP) is 3.19. The molecule has 150 valence electrons. The monoisotopic (exact) mass is 396 g/mol. The lowest BCUT2D eigenvalue weighted by atomic mass is 10.2. The van der Waals surface area contributed by atoms with E-state index in [9.17, 15) is 9.18 Å². The Bertz CT molecular complexity index is 965. The molecule has 1 N–H and O–H groups in total. The molecule has 1 aliphatic rings. The standard InChI is InChI=1S/C20H21FN6O2/c1-2-18-24-19(25-29-18)14-3-8-17(22-13-14)26-9-11-27(12-10-26)20(28)23-16-6-4-15(21)5-7-16/h3-8,13H,2,9-12H2,1H3,(H,23,28). The minimum absolute atomic E-state index is 0.191. The number of amides is 2. The topological polar surface area (TPSA) is 87.4 Å². The number of halogens is 1. The van der Waals surface area contributed by atoms with Gasteiger partial charge in [0.2, 0.25) is 11.7 Å². The van der Waals surface area contributed by atoms with E-state index in [0.29, 0.717) is 50.0 Å². The summed E-state index contributed by atoms with van der Waals surface area (Å²) < 4.78 is 18.1. The third-order valence-electron chi connectivity index (χ3n) is 4.76. The van der Waals surface area contributed by atoms with E-state index in [1.807, 2.05) is 19.1 Å². The molecule has 2 aromatic heterocycles. The predicted molar refractivity (Wildman–Crippen MR) is 106 cm³/mol. The van der Waals surface area contributed by atoms with Crippen molar-refractivity contribution in [3.05, 3.63) is 54.3 Å².